The van der Waals surface area contributed by atoms with E-state index in [2.05, 4.69) is 6.58 Å². The number of rotatable bonds is 3. The molecule has 1 aromatic carbocycles. The van der Waals surface area contributed by atoms with Crippen LogP contribution in [0.3, 0.4) is 0 Å². The van der Waals surface area contributed by atoms with Crippen molar-refractivity contribution < 1.29 is 10.2 Å². The molecule has 3 nitrogen and oxygen atoms in total. The third kappa shape index (κ3) is 2.23. The highest BCUT2D eigenvalue weighted by atomic mass is 16.3. The predicted molar refractivity (Wildman–Crippen MR) is 52.5 cm³/mol. The summed E-state index contributed by atoms with van der Waals surface area (Å²) < 4.78 is 0. The van der Waals surface area contributed by atoms with Crippen molar-refractivity contribution in [1.29, 1.82) is 0 Å². The minimum Gasteiger partial charge on any atom is -0.504 e. The van der Waals surface area contributed by atoms with Gasteiger partial charge in [-0.1, -0.05) is 12.6 Å². The standard InChI is InChI=1S/C10H13NO2/c1-7(4-5-11)8-2-3-9(12)10(13)6-8/h2-3,6,12-13H,1,4-5,11H2. The molecular weight excluding hydrogens is 166 g/mol. The Labute approximate surface area is 77.1 Å². The zero-order valence-electron chi connectivity index (χ0n) is 7.33. The third-order valence-electron chi connectivity index (χ3n) is 1.83. The van der Waals surface area contributed by atoms with Crippen molar-refractivity contribution in [2.75, 3.05) is 6.54 Å². The fraction of sp³-hybridized carbons (Fsp3) is 0.200. The summed E-state index contributed by atoms with van der Waals surface area (Å²) in [6.07, 6.45) is 0.685. The SMILES string of the molecule is C=C(CCN)c1ccc(O)c(O)c1. The van der Waals surface area contributed by atoms with E-state index in [1.807, 2.05) is 0 Å². The number of phenolic OH excluding ortho intramolecular Hbond substituents is 2. The maximum atomic E-state index is 9.19. The lowest BCUT2D eigenvalue weighted by molar-refractivity contribution is 0.403. The maximum Gasteiger partial charge on any atom is 0.157 e. The average molecular weight is 179 g/mol. The van der Waals surface area contributed by atoms with Crippen LogP contribution in [0, 0.1) is 0 Å². The van der Waals surface area contributed by atoms with Crippen LogP contribution in [0.15, 0.2) is 24.8 Å². The van der Waals surface area contributed by atoms with Gasteiger partial charge in [-0.2, -0.15) is 0 Å². The second-order valence-electron chi connectivity index (χ2n) is 2.85. The van der Waals surface area contributed by atoms with Gasteiger partial charge in [0.15, 0.2) is 11.5 Å². The monoisotopic (exact) mass is 179 g/mol. The summed E-state index contributed by atoms with van der Waals surface area (Å²) >= 11 is 0. The minimum absolute atomic E-state index is 0.121. The van der Waals surface area contributed by atoms with Crippen LogP contribution in [-0.4, -0.2) is 16.8 Å². The Bertz CT molecular complexity index is 321. The number of nitrogens with two attached hydrogens (primary N) is 1. The zero-order valence-corrected chi connectivity index (χ0v) is 7.33. The Morgan fingerprint density at radius 2 is 2.00 bits per heavy atom. The summed E-state index contributed by atoms with van der Waals surface area (Å²) in [6.45, 7) is 4.34. The van der Waals surface area contributed by atoms with E-state index in [1.165, 1.54) is 12.1 Å². The fourth-order valence-corrected chi connectivity index (χ4v) is 1.06. The lowest BCUT2D eigenvalue weighted by atomic mass is 10.0. The van der Waals surface area contributed by atoms with Crippen molar-refractivity contribution in [2.45, 2.75) is 6.42 Å². The van der Waals surface area contributed by atoms with Crippen LogP contribution >= 0.6 is 0 Å². The van der Waals surface area contributed by atoms with Gasteiger partial charge in [0.25, 0.3) is 0 Å². The predicted octanol–water partition coefficient (Wildman–Crippen LogP) is 1.46. The van der Waals surface area contributed by atoms with E-state index in [0.29, 0.717) is 13.0 Å². The van der Waals surface area contributed by atoms with Crippen molar-refractivity contribution in [1.82, 2.24) is 0 Å². The smallest absolute Gasteiger partial charge is 0.157 e. The number of hydrogen-bond acceptors (Lipinski definition) is 3. The molecule has 0 atom stereocenters. The van der Waals surface area contributed by atoms with Gasteiger partial charge in [-0.25, -0.2) is 0 Å². The molecule has 0 radical (unpaired) electrons. The molecule has 0 aliphatic heterocycles. The highest BCUT2D eigenvalue weighted by molar-refractivity contribution is 5.66. The van der Waals surface area contributed by atoms with Crippen molar-refractivity contribution in [2.24, 2.45) is 5.73 Å². The van der Waals surface area contributed by atoms with Gasteiger partial charge in [-0.05, 0) is 36.2 Å². The lowest BCUT2D eigenvalue weighted by Gasteiger charge is -2.05. The summed E-state index contributed by atoms with van der Waals surface area (Å²) in [7, 11) is 0. The summed E-state index contributed by atoms with van der Waals surface area (Å²) in [5, 5.41) is 18.2. The number of benzene rings is 1. The molecule has 4 N–H and O–H groups in total. The van der Waals surface area contributed by atoms with E-state index in [-0.39, 0.29) is 11.5 Å². The second-order valence-corrected chi connectivity index (χ2v) is 2.85. The molecule has 70 valence electrons. The van der Waals surface area contributed by atoms with Crippen LogP contribution in [0.2, 0.25) is 0 Å². The lowest BCUT2D eigenvalue weighted by Crippen LogP contribution is -1.99. The van der Waals surface area contributed by atoms with Crippen LogP contribution in [0.1, 0.15) is 12.0 Å². The molecule has 1 rings (SSSR count). The summed E-state index contributed by atoms with van der Waals surface area (Å²) in [5.41, 5.74) is 7.03. The first kappa shape index (κ1) is 9.61. The first-order valence-corrected chi connectivity index (χ1v) is 4.05. The molecule has 0 unspecified atom stereocenters. The number of phenols is 2. The van der Waals surface area contributed by atoms with Gasteiger partial charge < -0.3 is 15.9 Å². The maximum absolute atomic E-state index is 9.19. The Hall–Kier alpha value is -1.48. The van der Waals surface area contributed by atoms with E-state index in [0.717, 1.165) is 11.1 Å². The van der Waals surface area contributed by atoms with Gasteiger partial charge in [0.1, 0.15) is 0 Å². The summed E-state index contributed by atoms with van der Waals surface area (Å²) in [4.78, 5) is 0. The van der Waals surface area contributed by atoms with Crippen molar-refractivity contribution in [3.8, 4) is 11.5 Å². The van der Waals surface area contributed by atoms with E-state index in [4.69, 9.17) is 10.8 Å². The van der Waals surface area contributed by atoms with E-state index >= 15 is 0 Å². The normalized spacial score (nSPS) is 9.92. The molecule has 0 saturated carbocycles. The summed E-state index contributed by atoms with van der Waals surface area (Å²) in [6, 6.07) is 4.62. The van der Waals surface area contributed by atoms with Crippen LogP contribution < -0.4 is 5.73 Å². The molecule has 0 bridgehead atoms. The van der Waals surface area contributed by atoms with Crippen molar-refractivity contribution >= 4 is 5.57 Å². The molecular formula is C10H13NO2. The number of aromatic hydroxyl groups is 2. The van der Waals surface area contributed by atoms with E-state index in [9.17, 15) is 5.11 Å². The highest BCUT2D eigenvalue weighted by Crippen LogP contribution is 2.28. The van der Waals surface area contributed by atoms with Gasteiger partial charge in [0.2, 0.25) is 0 Å². The van der Waals surface area contributed by atoms with E-state index < -0.39 is 0 Å². The minimum atomic E-state index is -0.129. The van der Waals surface area contributed by atoms with Gasteiger partial charge in [-0.15, -0.1) is 0 Å². The van der Waals surface area contributed by atoms with Crippen molar-refractivity contribution in [3.05, 3.63) is 30.3 Å². The first-order chi connectivity index (χ1) is 6.15. The van der Waals surface area contributed by atoms with Gasteiger partial charge in [-0.3, -0.25) is 0 Å². The molecule has 1 aromatic rings. The molecule has 0 aromatic heterocycles. The van der Waals surface area contributed by atoms with Crippen LogP contribution in [0.5, 0.6) is 11.5 Å². The molecule has 0 aliphatic carbocycles. The molecule has 0 heterocycles. The second kappa shape index (κ2) is 3.96. The quantitative estimate of drug-likeness (QED) is 0.615. The van der Waals surface area contributed by atoms with Crippen LogP contribution in [-0.2, 0) is 0 Å². The Balaban J connectivity index is 2.90. The average Bonchev–Trinajstić information content (AvgIpc) is 2.10. The fourth-order valence-electron chi connectivity index (χ4n) is 1.06. The Kier molecular flexibility index (Phi) is 2.93. The summed E-state index contributed by atoms with van der Waals surface area (Å²) in [5.74, 6) is -0.250. The Morgan fingerprint density at radius 1 is 1.31 bits per heavy atom. The van der Waals surface area contributed by atoms with Crippen LogP contribution in [0.4, 0.5) is 0 Å². The largest absolute Gasteiger partial charge is 0.504 e. The van der Waals surface area contributed by atoms with Gasteiger partial charge >= 0.3 is 0 Å². The topological polar surface area (TPSA) is 66.5 Å². The van der Waals surface area contributed by atoms with Gasteiger partial charge in [0.05, 0.1) is 0 Å². The molecule has 3 heteroatoms. The number of hydrogen-bond donors (Lipinski definition) is 3. The van der Waals surface area contributed by atoms with Crippen molar-refractivity contribution in [3.63, 3.8) is 0 Å². The molecule has 0 spiro atoms. The molecule has 0 saturated heterocycles. The third-order valence-corrected chi connectivity index (χ3v) is 1.83. The molecule has 0 fully saturated rings. The highest BCUT2D eigenvalue weighted by Gasteiger charge is 2.02. The molecule has 0 amide bonds. The first-order valence-electron chi connectivity index (χ1n) is 4.05. The Morgan fingerprint density at radius 3 is 2.54 bits per heavy atom. The van der Waals surface area contributed by atoms with Gasteiger partial charge in [0, 0.05) is 0 Å². The van der Waals surface area contributed by atoms with Crippen LogP contribution in [0.25, 0.3) is 5.57 Å². The van der Waals surface area contributed by atoms with E-state index in [1.54, 1.807) is 6.07 Å². The zero-order chi connectivity index (χ0) is 9.84. The molecule has 0 aliphatic rings. The molecule has 13 heavy (non-hydrogen) atoms.